The van der Waals surface area contributed by atoms with Gasteiger partial charge in [0.15, 0.2) is 5.69 Å². The highest BCUT2D eigenvalue weighted by atomic mass is 19.3. The van der Waals surface area contributed by atoms with Crippen LogP contribution in [0.4, 0.5) is 8.78 Å². The first kappa shape index (κ1) is 12.3. The molecule has 0 fully saturated rings. The van der Waals surface area contributed by atoms with E-state index in [0.29, 0.717) is 0 Å². The summed E-state index contributed by atoms with van der Waals surface area (Å²) in [5.41, 5.74) is 4.16. The predicted octanol–water partition coefficient (Wildman–Crippen LogP) is 0.970. The van der Waals surface area contributed by atoms with Gasteiger partial charge in [-0.2, -0.15) is 0 Å². The van der Waals surface area contributed by atoms with Crippen LogP contribution >= 0.6 is 0 Å². The Bertz CT molecular complexity index is 410. The molecular weight excluding hydrogens is 222 g/mol. The van der Waals surface area contributed by atoms with E-state index in [4.69, 9.17) is 5.73 Å². The highest BCUT2D eigenvalue weighted by molar-refractivity contribution is 5.90. The van der Waals surface area contributed by atoms with Gasteiger partial charge in [0.05, 0.1) is 12.8 Å². The van der Waals surface area contributed by atoms with Gasteiger partial charge >= 0.3 is 5.97 Å². The number of pyridine rings is 1. The molecule has 1 rings (SSSR count). The lowest BCUT2D eigenvalue weighted by Gasteiger charge is -2.09. The van der Waals surface area contributed by atoms with Crippen LogP contribution in [-0.4, -0.2) is 23.2 Å². The lowest BCUT2D eigenvalue weighted by atomic mass is 10.1. The monoisotopic (exact) mass is 232 g/mol. The summed E-state index contributed by atoms with van der Waals surface area (Å²) in [4.78, 5) is 14.7. The summed E-state index contributed by atoms with van der Waals surface area (Å²) >= 11 is 0. The van der Waals surface area contributed by atoms with Crippen LogP contribution < -0.4 is 5.73 Å². The SMILES string of the molecule is COC(=O)c1nc(CN)c(C(F)F)cc1O. The van der Waals surface area contributed by atoms with Gasteiger partial charge in [0, 0.05) is 12.1 Å². The molecule has 0 radical (unpaired) electrons. The second kappa shape index (κ2) is 4.84. The molecule has 3 N–H and O–H groups in total. The number of hydrogen-bond donors (Lipinski definition) is 2. The van der Waals surface area contributed by atoms with E-state index in [-0.39, 0.29) is 12.2 Å². The first-order valence-corrected chi connectivity index (χ1v) is 4.30. The van der Waals surface area contributed by atoms with Crippen molar-refractivity contribution in [2.24, 2.45) is 5.73 Å². The van der Waals surface area contributed by atoms with Gasteiger partial charge < -0.3 is 15.6 Å². The average molecular weight is 232 g/mol. The van der Waals surface area contributed by atoms with Crippen molar-refractivity contribution in [1.82, 2.24) is 4.98 Å². The number of ether oxygens (including phenoxy) is 1. The van der Waals surface area contributed by atoms with Crippen molar-refractivity contribution in [3.8, 4) is 5.75 Å². The lowest BCUT2D eigenvalue weighted by Crippen LogP contribution is -2.11. The molecule has 0 saturated carbocycles. The highest BCUT2D eigenvalue weighted by Gasteiger charge is 2.21. The number of rotatable bonds is 3. The Labute approximate surface area is 89.9 Å². The molecule has 0 aliphatic heterocycles. The molecule has 16 heavy (non-hydrogen) atoms. The fraction of sp³-hybridized carbons (Fsp3) is 0.333. The topological polar surface area (TPSA) is 85.4 Å². The van der Waals surface area contributed by atoms with Crippen molar-refractivity contribution in [3.63, 3.8) is 0 Å². The molecule has 0 saturated heterocycles. The van der Waals surface area contributed by atoms with Crippen LogP contribution in [0.15, 0.2) is 6.07 Å². The molecule has 0 aliphatic rings. The van der Waals surface area contributed by atoms with Crippen LogP contribution in [0, 0.1) is 0 Å². The normalized spacial score (nSPS) is 10.6. The van der Waals surface area contributed by atoms with Gasteiger partial charge in [-0.1, -0.05) is 0 Å². The van der Waals surface area contributed by atoms with Crippen LogP contribution in [0.5, 0.6) is 5.75 Å². The molecule has 0 aromatic carbocycles. The van der Waals surface area contributed by atoms with Gasteiger partial charge in [-0.05, 0) is 6.07 Å². The van der Waals surface area contributed by atoms with E-state index in [2.05, 4.69) is 9.72 Å². The number of halogens is 2. The number of methoxy groups -OCH3 is 1. The maximum absolute atomic E-state index is 12.5. The van der Waals surface area contributed by atoms with Gasteiger partial charge in [0.25, 0.3) is 6.43 Å². The van der Waals surface area contributed by atoms with E-state index < -0.39 is 29.4 Å². The number of nitrogens with zero attached hydrogens (tertiary/aromatic N) is 1. The molecule has 1 aromatic rings. The molecule has 0 bridgehead atoms. The Balaban J connectivity index is 3.31. The molecule has 7 heteroatoms. The second-order valence-corrected chi connectivity index (χ2v) is 2.89. The van der Waals surface area contributed by atoms with E-state index in [0.717, 1.165) is 13.2 Å². The molecule has 5 nitrogen and oxygen atoms in total. The molecule has 0 unspecified atom stereocenters. The summed E-state index contributed by atoms with van der Waals surface area (Å²) in [5.74, 6) is -1.56. The number of carbonyl (C=O) groups excluding carboxylic acids is 1. The smallest absolute Gasteiger partial charge is 0.360 e. The molecule has 88 valence electrons. The largest absolute Gasteiger partial charge is 0.505 e. The molecule has 0 aliphatic carbocycles. The minimum absolute atomic E-state index is 0.145. The van der Waals surface area contributed by atoms with E-state index in [9.17, 15) is 18.7 Å². The predicted molar refractivity (Wildman–Crippen MR) is 50.1 cm³/mol. The molecule has 1 aromatic heterocycles. The summed E-state index contributed by atoms with van der Waals surface area (Å²) in [6.45, 7) is -0.260. The molecular formula is C9H10F2N2O3. The van der Waals surface area contributed by atoms with Gasteiger partial charge in [-0.3, -0.25) is 0 Å². The van der Waals surface area contributed by atoms with Crippen LogP contribution in [0.2, 0.25) is 0 Å². The quantitative estimate of drug-likeness (QED) is 0.758. The van der Waals surface area contributed by atoms with Crippen molar-refractivity contribution < 1.29 is 23.4 Å². The van der Waals surface area contributed by atoms with E-state index in [1.165, 1.54) is 0 Å². The minimum Gasteiger partial charge on any atom is -0.505 e. The third-order valence-corrected chi connectivity index (χ3v) is 1.92. The van der Waals surface area contributed by atoms with Crippen molar-refractivity contribution in [2.45, 2.75) is 13.0 Å². The van der Waals surface area contributed by atoms with Gasteiger partial charge in [-0.25, -0.2) is 18.6 Å². The highest BCUT2D eigenvalue weighted by Crippen LogP contribution is 2.27. The van der Waals surface area contributed by atoms with Crippen molar-refractivity contribution >= 4 is 5.97 Å². The van der Waals surface area contributed by atoms with Crippen LogP contribution in [-0.2, 0) is 11.3 Å². The number of nitrogens with two attached hydrogens (primary N) is 1. The summed E-state index contributed by atoms with van der Waals surface area (Å²) in [7, 11) is 1.09. The molecule has 0 atom stereocenters. The number of alkyl halides is 2. The summed E-state index contributed by atoms with van der Waals surface area (Å²) in [6, 6.07) is 0.770. The van der Waals surface area contributed by atoms with Crippen molar-refractivity contribution in [3.05, 3.63) is 23.0 Å². The molecule has 0 spiro atoms. The lowest BCUT2D eigenvalue weighted by molar-refractivity contribution is 0.0589. The van der Waals surface area contributed by atoms with Crippen LogP contribution in [0.1, 0.15) is 28.2 Å². The zero-order valence-corrected chi connectivity index (χ0v) is 8.41. The molecule has 1 heterocycles. The Hall–Kier alpha value is -1.76. The number of esters is 1. The van der Waals surface area contributed by atoms with Crippen molar-refractivity contribution in [1.29, 1.82) is 0 Å². The Morgan fingerprint density at radius 3 is 2.75 bits per heavy atom. The fourth-order valence-electron chi connectivity index (χ4n) is 1.16. The van der Waals surface area contributed by atoms with E-state index in [1.807, 2.05) is 0 Å². The average Bonchev–Trinajstić information content (AvgIpc) is 2.27. The first-order valence-electron chi connectivity index (χ1n) is 4.30. The maximum atomic E-state index is 12.5. The zero-order chi connectivity index (χ0) is 12.3. The van der Waals surface area contributed by atoms with E-state index >= 15 is 0 Å². The number of hydrogen-bond acceptors (Lipinski definition) is 5. The summed E-state index contributed by atoms with van der Waals surface area (Å²) in [5, 5.41) is 9.32. The fourth-order valence-corrected chi connectivity index (χ4v) is 1.16. The van der Waals surface area contributed by atoms with Gasteiger partial charge in [0.1, 0.15) is 5.75 Å². The minimum atomic E-state index is -2.82. The second-order valence-electron chi connectivity index (χ2n) is 2.89. The zero-order valence-electron chi connectivity index (χ0n) is 8.41. The third-order valence-electron chi connectivity index (χ3n) is 1.92. The van der Waals surface area contributed by atoms with Gasteiger partial charge in [0.2, 0.25) is 0 Å². The number of aromatic nitrogens is 1. The third kappa shape index (κ3) is 2.25. The van der Waals surface area contributed by atoms with E-state index in [1.54, 1.807) is 0 Å². The maximum Gasteiger partial charge on any atom is 0.360 e. The number of carbonyl (C=O) groups is 1. The Kier molecular flexibility index (Phi) is 3.73. The summed E-state index contributed by atoms with van der Waals surface area (Å²) < 4.78 is 29.3. The van der Waals surface area contributed by atoms with Crippen molar-refractivity contribution in [2.75, 3.05) is 7.11 Å². The standard InChI is InChI=1S/C9H10F2N2O3/c1-16-9(15)7-6(14)2-4(8(10)11)5(3-12)13-7/h2,8,14H,3,12H2,1H3. The first-order chi connectivity index (χ1) is 7.51. The Morgan fingerprint density at radius 2 is 2.31 bits per heavy atom. The van der Waals surface area contributed by atoms with Crippen LogP contribution in [0.25, 0.3) is 0 Å². The number of aromatic hydroxyl groups is 1. The van der Waals surface area contributed by atoms with Gasteiger partial charge in [-0.15, -0.1) is 0 Å². The molecule has 0 amide bonds. The summed E-state index contributed by atoms with van der Waals surface area (Å²) in [6.07, 6.45) is -2.82. The van der Waals surface area contributed by atoms with Crippen LogP contribution in [0.3, 0.4) is 0 Å². The Morgan fingerprint density at radius 1 is 1.69 bits per heavy atom.